The van der Waals surface area contributed by atoms with Gasteiger partial charge in [-0.05, 0) is 53.6 Å². The lowest BCUT2D eigenvalue weighted by atomic mass is 9.91. The number of non-ortho nitro benzene ring substituents is 1. The number of halogens is 3. The molecule has 6 nitrogen and oxygen atoms in total. The summed E-state index contributed by atoms with van der Waals surface area (Å²) in [5.41, 5.74) is -0.335. The normalized spacial score (nSPS) is 15.1. The molecule has 0 saturated heterocycles. The van der Waals surface area contributed by atoms with Crippen molar-refractivity contribution in [3.63, 3.8) is 0 Å². The van der Waals surface area contributed by atoms with Gasteiger partial charge in [0.15, 0.2) is 0 Å². The maximum atomic E-state index is 13.3. The van der Waals surface area contributed by atoms with E-state index in [1.54, 1.807) is 18.2 Å². The lowest BCUT2D eigenvalue weighted by Crippen LogP contribution is -2.41. The van der Waals surface area contributed by atoms with E-state index in [0.29, 0.717) is 16.0 Å². The minimum atomic E-state index is -4.65. The van der Waals surface area contributed by atoms with Crippen LogP contribution in [0.25, 0.3) is 11.6 Å². The van der Waals surface area contributed by atoms with Crippen LogP contribution < -0.4 is 4.90 Å². The fourth-order valence-corrected chi connectivity index (χ4v) is 3.41. The Hall–Kier alpha value is -4.27. The molecule has 1 aliphatic heterocycles. The number of alkyl halides is 3. The van der Waals surface area contributed by atoms with E-state index in [-0.39, 0.29) is 22.5 Å². The lowest BCUT2D eigenvalue weighted by Gasteiger charge is -2.29. The summed E-state index contributed by atoms with van der Waals surface area (Å²) in [7, 11) is 0. The second-order valence-electron chi connectivity index (χ2n) is 6.95. The van der Waals surface area contributed by atoms with Crippen LogP contribution in [0.2, 0.25) is 0 Å². The van der Waals surface area contributed by atoms with Crippen molar-refractivity contribution >= 4 is 34.8 Å². The number of carbonyl (C=O) groups is 2. The first-order valence-electron chi connectivity index (χ1n) is 9.28. The van der Waals surface area contributed by atoms with Crippen LogP contribution in [0, 0.1) is 10.1 Å². The molecule has 0 unspecified atom stereocenters. The predicted molar refractivity (Wildman–Crippen MR) is 111 cm³/mol. The summed E-state index contributed by atoms with van der Waals surface area (Å²) in [6.45, 7) is 0. The van der Waals surface area contributed by atoms with Crippen molar-refractivity contribution in [2.45, 2.75) is 6.18 Å². The van der Waals surface area contributed by atoms with E-state index < -0.39 is 28.5 Å². The van der Waals surface area contributed by atoms with Gasteiger partial charge in [-0.25, -0.2) is 4.90 Å². The summed E-state index contributed by atoms with van der Waals surface area (Å²) in [4.78, 5) is 37.3. The monoisotopic (exact) mass is 438 g/mol. The highest BCUT2D eigenvalue weighted by molar-refractivity contribution is 6.43. The van der Waals surface area contributed by atoms with E-state index >= 15 is 0 Å². The van der Waals surface area contributed by atoms with Crippen molar-refractivity contribution in [3.8, 4) is 0 Å². The van der Waals surface area contributed by atoms with Crippen molar-refractivity contribution in [2.24, 2.45) is 0 Å². The van der Waals surface area contributed by atoms with Crippen LogP contribution in [0.3, 0.4) is 0 Å². The zero-order valence-electron chi connectivity index (χ0n) is 16.2. The maximum absolute atomic E-state index is 13.3. The molecular formula is C23H13F3N2O4. The molecule has 3 aromatic rings. The van der Waals surface area contributed by atoms with Gasteiger partial charge < -0.3 is 0 Å². The molecule has 0 N–H and O–H groups in total. The minimum Gasteiger partial charge on any atom is -0.268 e. The summed E-state index contributed by atoms with van der Waals surface area (Å²) < 4.78 is 39.5. The van der Waals surface area contributed by atoms with Gasteiger partial charge in [0.25, 0.3) is 17.5 Å². The van der Waals surface area contributed by atoms with Crippen LogP contribution in [0.15, 0.2) is 72.8 Å². The van der Waals surface area contributed by atoms with E-state index in [4.69, 9.17) is 0 Å². The number of anilines is 1. The topological polar surface area (TPSA) is 80.5 Å². The van der Waals surface area contributed by atoms with E-state index in [9.17, 15) is 32.9 Å². The Bertz CT molecular complexity index is 1280. The number of imide groups is 1. The van der Waals surface area contributed by atoms with Gasteiger partial charge in [-0.1, -0.05) is 24.3 Å². The molecule has 0 saturated carbocycles. The number of carbonyl (C=O) groups excluding carboxylic acids is 2. The maximum Gasteiger partial charge on any atom is 0.416 e. The summed E-state index contributed by atoms with van der Waals surface area (Å²) in [6.07, 6.45) is -3.20. The number of amides is 2. The molecule has 0 bridgehead atoms. The van der Waals surface area contributed by atoms with Gasteiger partial charge in [0.2, 0.25) is 0 Å². The number of nitro groups is 1. The fourth-order valence-electron chi connectivity index (χ4n) is 3.41. The van der Waals surface area contributed by atoms with E-state index in [2.05, 4.69) is 0 Å². The third-order valence-electron chi connectivity index (χ3n) is 4.93. The number of fused-ring (bicyclic) bond motifs is 1. The molecule has 32 heavy (non-hydrogen) atoms. The molecule has 0 aromatic heterocycles. The first-order chi connectivity index (χ1) is 15.2. The third-order valence-corrected chi connectivity index (χ3v) is 4.93. The molecule has 9 heteroatoms. The Kier molecular flexibility index (Phi) is 5.09. The summed E-state index contributed by atoms with van der Waals surface area (Å²) in [5, 5.41) is 10.9. The zero-order valence-corrected chi connectivity index (χ0v) is 16.2. The molecule has 0 atom stereocenters. The molecule has 0 spiro atoms. The molecule has 3 aromatic carbocycles. The van der Waals surface area contributed by atoms with Gasteiger partial charge in [0, 0.05) is 23.3 Å². The molecule has 1 heterocycles. The fraction of sp³-hybridized carbons (Fsp3) is 0.0435. The van der Waals surface area contributed by atoms with Crippen LogP contribution in [0.5, 0.6) is 0 Å². The van der Waals surface area contributed by atoms with Gasteiger partial charge in [-0.2, -0.15) is 13.2 Å². The standard InChI is InChI=1S/C23H13F3N2O4/c24-23(25,26)15-4-3-5-17(13-15)27-21(29)19-7-2-1-6-18(19)20(22(27)30)12-14-8-10-16(11-9-14)28(31)32/h1-13H/b20-12-. The van der Waals surface area contributed by atoms with Crippen molar-refractivity contribution in [1.82, 2.24) is 0 Å². The molecule has 160 valence electrons. The second kappa shape index (κ2) is 7.77. The van der Waals surface area contributed by atoms with Crippen molar-refractivity contribution in [3.05, 3.63) is 105 Å². The molecule has 0 fully saturated rings. The average molecular weight is 438 g/mol. The summed E-state index contributed by atoms with van der Waals surface area (Å²) in [6, 6.07) is 15.6. The number of nitro benzene ring substituents is 1. The third kappa shape index (κ3) is 3.76. The predicted octanol–water partition coefficient (Wildman–Crippen LogP) is 5.34. The zero-order chi connectivity index (χ0) is 23.0. The smallest absolute Gasteiger partial charge is 0.268 e. The Morgan fingerprint density at radius 3 is 2.12 bits per heavy atom. The average Bonchev–Trinajstić information content (AvgIpc) is 2.77. The first-order valence-corrected chi connectivity index (χ1v) is 9.28. The highest BCUT2D eigenvalue weighted by Gasteiger charge is 2.37. The van der Waals surface area contributed by atoms with Gasteiger partial charge in [-0.3, -0.25) is 19.7 Å². The molecular weight excluding hydrogens is 425 g/mol. The lowest BCUT2D eigenvalue weighted by molar-refractivity contribution is -0.384. The first kappa shape index (κ1) is 21.0. The SMILES string of the molecule is O=C1/C(=C\c2ccc([N+](=O)[O-])cc2)c2ccccc2C(=O)N1c1cccc(C(F)(F)F)c1. The number of hydrogen-bond acceptors (Lipinski definition) is 4. The second-order valence-corrected chi connectivity index (χ2v) is 6.95. The van der Waals surface area contributed by atoms with E-state index in [1.165, 1.54) is 42.5 Å². The Balaban J connectivity index is 1.85. The summed E-state index contributed by atoms with van der Waals surface area (Å²) >= 11 is 0. The molecule has 4 rings (SSSR count). The highest BCUT2D eigenvalue weighted by Crippen LogP contribution is 2.36. The molecule has 0 radical (unpaired) electrons. The van der Waals surface area contributed by atoms with Crippen LogP contribution in [-0.4, -0.2) is 16.7 Å². The number of nitrogens with zero attached hydrogens (tertiary/aromatic N) is 2. The number of rotatable bonds is 3. The van der Waals surface area contributed by atoms with Crippen LogP contribution in [-0.2, 0) is 11.0 Å². The van der Waals surface area contributed by atoms with Crippen LogP contribution in [0.4, 0.5) is 24.5 Å². The van der Waals surface area contributed by atoms with Crippen molar-refractivity contribution in [1.29, 1.82) is 0 Å². The van der Waals surface area contributed by atoms with Crippen LogP contribution in [0.1, 0.15) is 27.0 Å². The van der Waals surface area contributed by atoms with Gasteiger partial charge in [0.1, 0.15) is 0 Å². The molecule has 0 aliphatic carbocycles. The highest BCUT2D eigenvalue weighted by atomic mass is 19.4. The van der Waals surface area contributed by atoms with Gasteiger partial charge in [0.05, 0.1) is 16.2 Å². The number of benzene rings is 3. The number of hydrogen-bond donors (Lipinski definition) is 0. The molecule has 2 amide bonds. The quantitative estimate of drug-likeness (QED) is 0.239. The minimum absolute atomic E-state index is 0.0754. The van der Waals surface area contributed by atoms with E-state index in [0.717, 1.165) is 18.2 Å². The van der Waals surface area contributed by atoms with Crippen LogP contribution >= 0.6 is 0 Å². The van der Waals surface area contributed by atoms with Crippen molar-refractivity contribution in [2.75, 3.05) is 4.90 Å². The van der Waals surface area contributed by atoms with E-state index in [1.807, 2.05) is 0 Å². The Morgan fingerprint density at radius 1 is 0.844 bits per heavy atom. The Morgan fingerprint density at radius 2 is 1.50 bits per heavy atom. The van der Waals surface area contributed by atoms with Gasteiger partial charge in [-0.15, -0.1) is 0 Å². The largest absolute Gasteiger partial charge is 0.416 e. The Labute approximate surface area is 179 Å². The molecule has 1 aliphatic rings. The van der Waals surface area contributed by atoms with Gasteiger partial charge >= 0.3 is 6.18 Å². The summed E-state index contributed by atoms with van der Waals surface area (Å²) in [5.74, 6) is -1.54. The van der Waals surface area contributed by atoms with Crippen molar-refractivity contribution < 1.29 is 27.7 Å².